The van der Waals surface area contributed by atoms with Crippen LogP contribution in [0.5, 0.6) is 0 Å². The van der Waals surface area contributed by atoms with Gasteiger partial charge in [-0.1, -0.05) is 30.3 Å². The molecule has 0 aliphatic rings. The second-order valence-corrected chi connectivity index (χ2v) is 4.76. The zero-order valence-electron chi connectivity index (χ0n) is 11.0. The maximum absolute atomic E-state index is 6.20. The van der Waals surface area contributed by atoms with Gasteiger partial charge >= 0.3 is 0 Å². The average molecular weight is 249 g/mol. The van der Waals surface area contributed by atoms with Crippen molar-refractivity contribution in [1.29, 1.82) is 0 Å². The normalized spacial score (nSPS) is 10.8. The van der Waals surface area contributed by atoms with Crippen molar-refractivity contribution in [2.24, 2.45) is 0 Å². The van der Waals surface area contributed by atoms with Gasteiger partial charge in [-0.05, 0) is 37.1 Å². The molecular formula is C16H15N3. The Morgan fingerprint density at radius 3 is 2.42 bits per heavy atom. The van der Waals surface area contributed by atoms with Crippen molar-refractivity contribution < 1.29 is 0 Å². The first-order chi connectivity index (χ1) is 9.16. The second kappa shape index (κ2) is 4.35. The lowest BCUT2D eigenvalue weighted by Gasteiger charge is -2.09. The van der Waals surface area contributed by atoms with Gasteiger partial charge < -0.3 is 5.73 Å². The Morgan fingerprint density at radius 1 is 0.947 bits per heavy atom. The van der Waals surface area contributed by atoms with E-state index < -0.39 is 0 Å². The molecule has 0 spiro atoms. The number of hydrogen-bond donors (Lipinski definition) is 1. The van der Waals surface area contributed by atoms with Crippen LogP contribution in [0.4, 0.5) is 5.69 Å². The van der Waals surface area contributed by atoms with Crippen LogP contribution in [-0.4, -0.2) is 10.2 Å². The Morgan fingerprint density at radius 2 is 1.68 bits per heavy atom. The number of aromatic nitrogens is 2. The summed E-state index contributed by atoms with van der Waals surface area (Å²) in [6, 6.07) is 14.1. The second-order valence-electron chi connectivity index (χ2n) is 4.76. The lowest BCUT2D eigenvalue weighted by molar-refractivity contribution is 1.08. The molecule has 0 radical (unpaired) electrons. The summed E-state index contributed by atoms with van der Waals surface area (Å²) in [5.74, 6) is 0. The molecule has 19 heavy (non-hydrogen) atoms. The van der Waals surface area contributed by atoms with Crippen LogP contribution in [0.25, 0.3) is 22.2 Å². The van der Waals surface area contributed by atoms with E-state index in [-0.39, 0.29) is 0 Å². The summed E-state index contributed by atoms with van der Waals surface area (Å²) in [4.78, 5) is 0. The number of nitrogens with zero attached hydrogens (tertiary/aromatic N) is 2. The van der Waals surface area contributed by atoms with Gasteiger partial charge in [0.25, 0.3) is 0 Å². The number of fused-ring (bicyclic) bond motifs is 1. The van der Waals surface area contributed by atoms with Crippen LogP contribution in [-0.2, 0) is 0 Å². The number of rotatable bonds is 1. The van der Waals surface area contributed by atoms with Crippen LogP contribution < -0.4 is 5.73 Å². The van der Waals surface area contributed by atoms with Crippen LogP contribution in [0.1, 0.15) is 11.1 Å². The number of hydrogen-bond acceptors (Lipinski definition) is 3. The third-order valence-corrected chi connectivity index (χ3v) is 3.53. The first-order valence-electron chi connectivity index (χ1n) is 6.25. The SMILES string of the molecule is Cc1cc2nnc(-c3ccccc3)cc2c(N)c1C. The third-order valence-electron chi connectivity index (χ3n) is 3.53. The Kier molecular flexibility index (Phi) is 2.67. The summed E-state index contributed by atoms with van der Waals surface area (Å²) in [6.07, 6.45) is 0. The van der Waals surface area contributed by atoms with Gasteiger partial charge in [-0.3, -0.25) is 0 Å². The number of benzene rings is 2. The van der Waals surface area contributed by atoms with Crippen molar-refractivity contribution in [3.63, 3.8) is 0 Å². The highest BCUT2D eigenvalue weighted by atomic mass is 15.1. The fraction of sp³-hybridized carbons (Fsp3) is 0.125. The number of anilines is 1. The summed E-state index contributed by atoms with van der Waals surface area (Å²) < 4.78 is 0. The van der Waals surface area contributed by atoms with E-state index in [1.54, 1.807) is 0 Å². The summed E-state index contributed by atoms with van der Waals surface area (Å²) in [5.41, 5.74) is 12.0. The van der Waals surface area contributed by atoms with E-state index in [1.165, 1.54) is 0 Å². The van der Waals surface area contributed by atoms with Crippen molar-refractivity contribution in [2.75, 3.05) is 5.73 Å². The molecule has 0 aliphatic carbocycles. The molecule has 3 nitrogen and oxygen atoms in total. The van der Waals surface area contributed by atoms with Crippen LogP contribution in [0.2, 0.25) is 0 Å². The minimum atomic E-state index is 0.794. The summed E-state index contributed by atoms with van der Waals surface area (Å²) in [7, 11) is 0. The van der Waals surface area contributed by atoms with Crippen LogP contribution in [0, 0.1) is 13.8 Å². The van der Waals surface area contributed by atoms with E-state index in [2.05, 4.69) is 10.2 Å². The molecule has 0 saturated heterocycles. The quantitative estimate of drug-likeness (QED) is 0.671. The van der Waals surface area contributed by atoms with Gasteiger partial charge in [-0.25, -0.2) is 0 Å². The van der Waals surface area contributed by atoms with Gasteiger partial charge in [0.1, 0.15) is 0 Å². The first kappa shape index (κ1) is 11.7. The smallest absolute Gasteiger partial charge is 0.0953 e. The number of nitrogen functional groups attached to an aromatic ring is 1. The molecule has 0 unspecified atom stereocenters. The van der Waals surface area contributed by atoms with E-state index in [1.807, 2.05) is 56.3 Å². The minimum Gasteiger partial charge on any atom is -0.398 e. The molecule has 1 heterocycles. The molecule has 1 aromatic heterocycles. The zero-order valence-corrected chi connectivity index (χ0v) is 11.0. The van der Waals surface area contributed by atoms with E-state index in [0.29, 0.717) is 0 Å². The topological polar surface area (TPSA) is 51.8 Å². The van der Waals surface area contributed by atoms with Crippen molar-refractivity contribution in [3.8, 4) is 11.3 Å². The molecule has 2 aromatic carbocycles. The number of aryl methyl sites for hydroxylation is 1. The van der Waals surface area contributed by atoms with Crippen molar-refractivity contribution >= 4 is 16.6 Å². The van der Waals surface area contributed by atoms with Gasteiger partial charge in [-0.15, -0.1) is 10.2 Å². The van der Waals surface area contributed by atoms with E-state index in [9.17, 15) is 0 Å². The van der Waals surface area contributed by atoms with Gasteiger partial charge in [0.2, 0.25) is 0 Å². The van der Waals surface area contributed by atoms with Gasteiger partial charge in [0, 0.05) is 16.6 Å². The molecule has 94 valence electrons. The van der Waals surface area contributed by atoms with Crippen molar-refractivity contribution in [1.82, 2.24) is 10.2 Å². The maximum Gasteiger partial charge on any atom is 0.0953 e. The van der Waals surface area contributed by atoms with E-state index in [0.717, 1.165) is 39.0 Å². The molecule has 0 amide bonds. The average Bonchev–Trinajstić information content (AvgIpc) is 2.46. The molecule has 0 aliphatic heterocycles. The predicted octanol–water partition coefficient (Wildman–Crippen LogP) is 3.50. The summed E-state index contributed by atoms with van der Waals surface area (Å²) in [5, 5.41) is 9.54. The van der Waals surface area contributed by atoms with Crippen molar-refractivity contribution in [3.05, 3.63) is 53.6 Å². The molecule has 0 saturated carbocycles. The molecule has 3 rings (SSSR count). The molecule has 3 heteroatoms. The van der Waals surface area contributed by atoms with Gasteiger partial charge in [0.15, 0.2) is 0 Å². The van der Waals surface area contributed by atoms with Crippen LogP contribution >= 0.6 is 0 Å². The minimum absolute atomic E-state index is 0.794. The molecule has 3 aromatic rings. The summed E-state index contributed by atoms with van der Waals surface area (Å²) >= 11 is 0. The highest BCUT2D eigenvalue weighted by molar-refractivity contribution is 5.94. The Bertz CT molecular complexity index is 749. The fourth-order valence-electron chi connectivity index (χ4n) is 2.20. The van der Waals surface area contributed by atoms with Crippen LogP contribution in [0.3, 0.4) is 0 Å². The number of nitrogens with two attached hydrogens (primary N) is 1. The molecule has 0 atom stereocenters. The zero-order chi connectivity index (χ0) is 13.4. The highest BCUT2D eigenvalue weighted by Gasteiger charge is 2.08. The lowest BCUT2D eigenvalue weighted by atomic mass is 10.0. The maximum atomic E-state index is 6.20. The predicted molar refractivity (Wildman–Crippen MR) is 78.9 cm³/mol. The Hall–Kier alpha value is -2.42. The lowest BCUT2D eigenvalue weighted by Crippen LogP contribution is -1.97. The highest BCUT2D eigenvalue weighted by Crippen LogP contribution is 2.28. The Balaban J connectivity index is 2.27. The van der Waals surface area contributed by atoms with Gasteiger partial charge in [0.05, 0.1) is 11.2 Å². The first-order valence-corrected chi connectivity index (χ1v) is 6.25. The van der Waals surface area contributed by atoms with E-state index in [4.69, 9.17) is 5.73 Å². The molecule has 0 fully saturated rings. The standard InChI is InChI=1S/C16H15N3/c1-10-8-15-13(16(17)11(10)2)9-14(18-19-15)12-6-4-3-5-7-12/h3-9H,17H2,1-2H3. The third kappa shape index (κ3) is 1.93. The Labute approximate surface area is 112 Å². The molecule has 0 bridgehead atoms. The van der Waals surface area contributed by atoms with Crippen LogP contribution in [0.15, 0.2) is 42.5 Å². The van der Waals surface area contributed by atoms with Gasteiger partial charge in [-0.2, -0.15) is 0 Å². The summed E-state index contributed by atoms with van der Waals surface area (Å²) in [6.45, 7) is 4.07. The largest absolute Gasteiger partial charge is 0.398 e. The van der Waals surface area contributed by atoms with E-state index >= 15 is 0 Å². The molecular weight excluding hydrogens is 234 g/mol. The fourth-order valence-corrected chi connectivity index (χ4v) is 2.20. The monoisotopic (exact) mass is 249 g/mol. The van der Waals surface area contributed by atoms with Crippen molar-refractivity contribution in [2.45, 2.75) is 13.8 Å². The molecule has 2 N–H and O–H groups in total.